The van der Waals surface area contributed by atoms with Crippen molar-refractivity contribution in [3.63, 3.8) is 0 Å². The number of nitrogens with zero attached hydrogens (tertiary/aromatic N) is 2. The second-order valence-corrected chi connectivity index (χ2v) is 10.5. The lowest BCUT2D eigenvalue weighted by Crippen LogP contribution is -2.36. The van der Waals surface area contributed by atoms with Gasteiger partial charge in [-0.2, -0.15) is 4.98 Å². The van der Waals surface area contributed by atoms with Crippen molar-refractivity contribution < 1.29 is 53.8 Å². The maximum absolute atomic E-state index is 12.3. The lowest BCUT2D eigenvalue weighted by atomic mass is 10.1. The highest BCUT2D eigenvalue weighted by Gasteiger charge is 2.43. The first-order valence-electron chi connectivity index (χ1n) is 14.9. The number of carbonyl (C=O) groups is 3. The van der Waals surface area contributed by atoms with E-state index in [1.54, 1.807) is 12.1 Å². The number of hydrogen-bond donors (Lipinski definition) is 5. The molecule has 0 unspecified atom stereocenters. The van der Waals surface area contributed by atoms with Crippen LogP contribution in [0.5, 0.6) is 5.75 Å². The Balaban J connectivity index is 1.16. The number of aromatic nitrogens is 2. The van der Waals surface area contributed by atoms with E-state index in [4.69, 9.17) is 18.9 Å². The van der Waals surface area contributed by atoms with Gasteiger partial charge in [-0.3, -0.25) is 9.36 Å². The van der Waals surface area contributed by atoms with Crippen molar-refractivity contribution in [1.29, 1.82) is 0 Å². The molecular formula is C30H41N3O12. The quantitative estimate of drug-likeness (QED) is 0.108. The standard InChI is InChI=1S/C30H41N3O12/c34-17-22-26(38)27(39)28(45-22)33-14-13-23(32-30(33)41)31-24(36)18-42-19-25(37)43-15-9-5-3-1-2-4-6-10-16-44-29(40)20-11-7-8-12-21(20)35/h7-8,11-14,22,26-28,34-35,38-39H,1-6,9-10,15-19H2,(H,31,32,36,41)/t22-,26-,27+,28-/m1/s1. The van der Waals surface area contributed by atoms with Gasteiger partial charge in [0.2, 0.25) is 0 Å². The van der Waals surface area contributed by atoms with Crippen LogP contribution in [0.25, 0.3) is 0 Å². The van der Waals surface area contributed by atoms with Crippen LogP contribution in [0.4, 0.5) is 5.82 Å². The van der Waals surface area contributed by atoms with Gasteiger partial charge in [0, 0.05) is 6.20 Å². The molecule has 1 aromatic carbocycles. The topological polar surface area (TPSA) is 216 Å². The average molecular weight is 636 g/mol. The molecule has 2 heterocycles. The molecule has 1 saturated heterocycles. The highest BCUT2D eigenvalue weighted by molar-refractivity contribution is 5.92. The van der Waals surface area contributed by atoms with E-state index in [-0.39, 0.29) is 23.7 Å². The molecule has 3 rings (SSSR count). The number of amides is 1. The van der Waals surface area contributed by atoms with Crippen LogP contribution in [0.2, 0.25) is 0 Å². The minimum Gasteiger partial charge on any atom is -0.507 e. The van der Waals surface area contributed by atoms with Gasteiger partial charge in [0.05, 0.1) is 19.8 Å². The fourth-order valence-corrected chi connectivity index (χ4v) is 4.57. The lowest BCUT2D eigenvalue weighted by Gasteiger charge is -2.17. The fraction of sp³-hybridized carbons (Fsp3) is 0.567. The SMILES string of the molecule is O=C(COCC(=O)OCCCCCCCCCCOC(=O)c1ccccc1O)Nc1ccn([C@@H]2O[C@H](CO)[C@@H](O)[C@@H]2O)c(=O)n1. The second-order valence-electron chi connectivity index (χ2n) is 10.5. The summed E-state index contributed by atoms with van der Waals surface area (Å²) in [4.78, 5) is 51.9. The van der Waals surface area contributed by atoms with Crippen LogP contribution in [0.15, 0.2) is 41.3 Å². The predicted molar refractivity (Wildman–Crippen MR) is 157 cm³/mol. The van der Waals surface area contributed by atoms with Crippen LogP contribution in [-0.4, -0.2) is 99.2 Å². The van der Waals surface area contributed by atoms with Crippen LogP contribution in [0.1, 0.15) is 68.0 Å². The molecule has 4 atom stereocenters. The number of hydrogen-bond acceptors (Lipinski definition) is 13. The molecule has 1 aliphatic heterocycles. The summed E-state index contributed by atoms with van der Waals surface area (Å²) < 4.78 is 21.6. The minimum absolute atomic E-state index is 0.0914. The Morgan fingerprint density at radius 1 is 0.889 bits per heavy atom. The highest BCUT2D eigenvalue weighted by Crippen LogP contribution is 2.28. The first-order chi connectivity index (χ1) is 21.7. The third-order valence-electron chi connectivity index (χ3n) is 7.00. The number of carbonyl (C=O) groups excluding carboxylic acids is 3. The summed E-state index contributed by atoms with van der Waals surface area (Å²) in [6, 6.07) is 7.55. The first kappa shape index (κ1) is 35.6. The van der Waals surface area contributed by atoms with Gasteiger partial charge >= 0.3 is 17.6 Å². The minimum atomic E-state index is -1.46. The van der Waals surface area contributed by atoms with Crippen molar-refractivity contribution in [3.05, 3.63) is 52.6 Å². The molecule has 15 heteroatoms. The molecule has 1 aromatic heterocycles. The molecule has 0 aliphatic carbocycles. The van der Waals surface area contributed by atoms with Crippen molar-refractivity contribution in [1.82, 2.24) is 9.55 Å². The van der Waals surface area contributed by atoms with Crippen LogP contribution < -0.4 is 11.0 Å². The van der Waals surface area contributed by atoms with Gasteiger partial charge in [-0.15, -0.1) is 0 Å². The van der Waals surface area contributed by atoms with E-state index in [1.807, 2.05) is 0 Å². The summed E-state index contributed by atoms with van der Waals surface area (Å²) in [5.74, 6) is -1.97. The van der Waals surface area contributed by atoms with Crippen LogP contribution >= 0.6 is 0 Å². The number of benzene rings is 1. The first-order valence-corrected chi connectivity index (χ1v) is 14.9. The summed E-state index contributed by atoms with van der Waals surface area (Å²) in [7, 11) is 0. The molecule has 0 spiro atoms. The van der Waals surface area contributed by atoms with E-state index < -0.39 is 67.9 Å². The van der Waals surface area contributed by atoms with Crippen molar-refractivity contribution in [2.75, 3.05) is 38.4 Å². The maximum Gasteiger partial charge on any atom is 0.351 e. The number of unbranched alkanes of at least 4 members (excludes halogenated alkanes) is 7. The Labute approximate surface area is 259 Å². The predicted octanol–water partition coefficient (Wildman–Crippen LogP) is 1.04. The number of aromatic hydroxyl groups is 1. The smallest absolute Gasteiger partial charge is 0.351 e. The molecule has 45 heavy (non-hydrogen) atoms. The molecular weight excluding hydrogens is 594 g/mol. The lowest BCUT2D eigenvalue weighted by molar-refractivity contribution is -0.149. The monoisotopic (exact) mass is 635 g/mol. The summed E-state index contributed by atoms with van der Waals surface area (Å²) in [6.45, 7) is -0.896. The third kappa shape index (κ3) is 11.5. The van der Waals surface area contributed by atoms with E-state index in [0.717, 1.165) is 49.5 Å². The third-order valence-corrected chi connectivity index (χ3v) is 7.00. The molecule has 0 radical (unpaired) electrons. The van der Waals surface area contributed by atoms with E-state index >= 15 is 0 Å². The second kappa shape index (κ2) is 18.8. The molecule has 0 saturated carbocycles. The zero-order valence-electron chi connectivity index (χ0n) is 24.9. The number of ether oxygens (including phenoxy) is 4. The zero-order chi connectivity index (χ0) is 32.6. The van der Waals surface area contributed by atoms with E-state index in [0.29, 0.717) is 13.0 Å². The number of rotatable bonds is 19. The van der Waals surface area contributed by atoms with Gasteiger partial charge in [0.15, 0.2) is 6.23 Å². The number of esters is 2. The van der Waals surface area contributed by atoms with Crippen molar-refractivity contribution in [2.45, 2.75) is 75.9 Å². The van der Waals surface area contributed by atoms with Gasteiger partial charge in [-0.05, 0) is 31.0 Å². The number of anilines is 1. The normalized spacial score (nSPS) is 19.3. The van der Waals surface area contributed by atoms with Gasteiger partial charge in [-0.25, -0.2) is 14.4 Å². The molecule has 5 N–H and O–H groups in total. The van der Waals surface area contributed by atoms with E-state index in [2.05, 4.69) is 10.3 Å². The molecule has 1 aliphatic rings. The largest absolute Gasteiger partial charge is 0.507 e. The van der Waals surface area contributed by atoms with Crippen LogP contribution in [-0.2, 0) is 28.5 Å². The zero-order valence-corrected chi connectivity index (χ0v) is 24.9. The Hall–Kier alpha value is -3.89. The highest BCUT2D eigenvalue weighted by atomic mass is 16.6. The number of para-hydroxylation sites is 1. The van der Waals surface area contributed by atoms with Crippen LogP contribution in [0, 0.1) is 0 Å². The average Bonchev–Trinajstić information content (AvgIpc) is 3.30. The molecule has 1 amide bonds. The number of phenolic OH excluding ortho intramolecular Hbond substituents is 1. The number of phenols is 1. The van der Waals surface area contributed by atoms with E-state index in [9.17, 15) is 39.6 Å². The van der Waals surface area contributed by atoms with Gasteiger partial charge in [0.1, 0.15) is 48.7 Å². The summed E-state index contributed by atoms with van der Waals surface area (Å²) in [6.07, 6.45) is 3.45. The van der Waals surface area contributed by atoms with Crippen LogP contribution in [0.3, 0.4) is 0 Å². The number of aliphatic hydroxyl groups excluding tert-OH is 3. The van der Waals surface area contributed by atoms with E-state index in [1.165, 1.54) is 24.4 Å². The van der Waals surface area contributed by atoms with Gasteiger partial charge < -0.3 is 44.7 Å². The maximum atomic E-state index is 12.3. The van der Waals surface area contributed by atoms with Crippen molar-refractivity contribution in [3.8, 4) is 5.75 Å². The molecule has 2 aromatic rings. The Morgan fingerprint density at radius 2 is 1.53 bits per heavy atom. The number of aliphatic hydroxyl groups is 3. The molecule has 0 bridgehead atoms. The molecule has 15 nitrogen and oxygen atoms in total. The fourth-order valence-electron chi connectivity index (χ4n) is 4.57. The number of nitrogens with one attached hydrogen (secondary N) is 1. The Kier molecular flexibility index (Phi) is 14.9. The summed E-state index contributed by atoms with van der Waals surface area (Å²) in [5, 5.41) is 41.1. The van der Waals surface area contributed by atoms with Crippen molar-refractivity contribution >= 4 is 23.7 Å². The molecule has 248 valence electrons. The summed E-state index contributed by atoms with van der Waals surface area (Å²) >= 11 is 0. The van der Waals surface area contributed by atoms with Gasteiger partial charge in [-0.1, -0.05) is 50.7 Å². The van der Waals surface area contributed by atoms with Gasteiger partial charge in [0.25, 0.3) is 5.91 Å². The van der Waals surface area contributed by atoms with Crippen molar-refractivity contribution in [2.24, 2.45) is 0 Å². The summed E-state index contributed by atoms with van der Waals surface area (Å²) in [5.41, 5.74) is -0.703. The Bertz CT molecular complexity index is 1300. The molecule has 1 fully saturated rings. The Morgan fingerprint density at radius 3 is 2.16 bits per heavy atom.